The van der Waals surface area contributed by atoms with Gasteiger partial charge in [0.25, 0.3) is 5.69 Å². The summed E-state index contributed by atoms with van der Waals surface area (Å²) < 4.78 is 7.49. The molecule has 7 heteroatoms. The van der Waals surface area contributed by atoms with E-state index in [2.05, 4.69) is 4.99 Å². The van der Waals surface area contributed by atoms with Crippen molar-refractivity contribution in [2.75, 3.05) is 0 Å². The normalized spacial score (nSPS) is 12.0. The molecule has 2 aromatic heterocycles. The van der Waals surface area contributed by atoms with Gasteiger partial charge in [-0.1, -0.05) is 12.1 Å². The summed E-state index contributed by atoms with van der Waals surface area (Å²) in [6.45, 7) is 4.08. The Kier molecular flexibility index (Phi) is 4.12. The third-order valence-corrected chi connectivity index (χ3v) is 4.17. The molecule has 0 bridgehead atoms. The molecular formula is C16H15N3O3S. The van der Waals surface area contributed by atoms with Gasteiger partial charge in [-0.15, -0.1) is 11.3 Å². The summed E-state index contributed by atoms with van der Waals surface area (Å²) in [5, 5.41) is 13.1. The van der Waals surface area contributed by atoms with Gasteiger partial charge in [-0.05, 0) is 32.0 Å². The Bertz CT molecular complexity index is 891. The van der Waals surface area contributed by atoms with Crippen LogP contribution in [-0.4, -0.2) is 9.49 Å². The van der Waals surface area contributed by atoms with Crippen LogP contribution < -0.4 is 4.80 Å². The van der Waals surface area contributed by atoms with Gasteiger partial charge in [-0.2, -0.15) is 0 Å². The average Bonchev–Trinajstić information content (AvgIpc) is 3.16. The van der Waals surface area contributed by atoms with Crippen molar-refractivity contribution < 1.29 is 9.34 Å². The summed E-state index contributed by atoms with van der Waals surface area (Å²) >= 11 is 1.43. The van der Waals surface area contributed by atoms with Crippen LogP contribution in [0.2, 0.25) is 0 Å². The van der Waals surface area contributed by atoms with E-state index in [0.29, 0.717) is 10.5 Å². The van der Waals surface area contributed by atoms with Crippen molar-refractivity contribution in [2.45, 2.75) is 19.9 Å². The van der Waals surface area contributed by atoms with Crippen molar-refractivity contribution >= 4 is 22.7 Å². The quantitative estimate of drug-likeness (QED) is 0.521. The van der Waals surface area contributed by atoms with Gasteiger partial charge in [0.15, 0.2) is 10.6 Å². The van der Waals surface area contributed by atoms with Crippen LogP contribution in [0.15, 0.2) is 57.5 Å². The van der Waals surface area contributed by atoms with Gasteiger partial charge in [0.05, 0.1) is 16.9 Å². The second-order valence-corrected chi connectivity index (χ2v) is 6.04. The standard InChI is InChI=1S/C16H15N3O3S/c1-11(2)18-14(15-8-5-9-22-15)10-23-16(18)17-12-6-3-4-7-13(12)19(20)21/h3-11H,1-2H3. The molecule has 0 aliphatic rings. The van der Waals surface area contributed by atoms with Crippen LogP contribution in [0, 0.1) is 10.1 Å². The minimum atomic E-state index is -0.417. The van der Waals surface area contributed by atoms with Gasteiger partial charge < -0.3 is 8.98 Å². The van der Waals surface area contributed by atoms with Crippen molar-refractivity contribution in [2.24, 2.45) is 4.99 Å². The summed E-state index contributed by atoms with van der Waals surface area (Å²) in [5.74, 6) is 0.749. The maximum Gasteiger partial charge on any atom is 0.294 e. The maximum atomic E-state index is 11.1. The van der Waals surface area contributed by atoms with Crippen LogP contribution >= 0.6 is 11.3 Å². The predicted molar refractivity (Wildman–Crippen MR) is 88.7 cm³/mol. The van der Waals surface area contributed by atoms with Crippen LogP contribution in [0.5, 0.6) is 0 Å². The SMILES string of the molecule is CC(C)n1c(-c2ccco2)csc1=Nc1ccccc1[N+](=O)[O-]. The molecule has 23 heavy (non-hydrogen) atoms. The fraction of sp³-hybridized carbons (Fsp3) is 0.188. The zero-order chi connectivity index (χ0) is 16.4. The van der Waals surface area contributed by atoms with E-state index in [1.54, 1.807) is 24.5 Å². The number of nitrogens with zero attached hydrogens (tertiary/aromatic N) is 3. The number of hydrogen-bond acceptors (Lipinski definition) is 5. The average molecular weight is 329 g/mol. The molecule has 3 aromatic rings. The first-order valence-electron chi connectivity index (χ1n) is 7.10. The lowest BCUT2D eigenvalue weighted by atomic mass is 10.3. The minimum Gasteiger partial charge on any atom is -0.463 e. The Morgan fingerprint density at radius 2 is 2.04 bits per heavy atom. The highest BCUT2D eigenvalue weighted by atomic mass is 32.1. The first-order valence-corrected chi connectivity index (χ1v) is 7.98. The van der Waals surface area contributed by atoms with E-state index in [-0.39, 0.29) is 11.7 Å². The maximum absolute atomic E-state index is 11.1. The molecule has 0 amide bonds. The lowest BCUT2D eigenvalue weighted by Gasteiger charge is -2.10. The van der Waals surface area contributed by atoms with E-state index in [1.807, 2.05) is 35.9 Å². The van der Waals surface area contributed by atoms with Crippen LogP contribution in [0.1, 0.15) is 19.9 Å². The summed E-state index contributed by atoms with van der Waals surface area (Å²) in [4.78, 5) is 15.9. The molecule has 0 unspecified atom stereocenters. The smallest absolute Gasteiger partial charge is 0.294 e. The predicted octanol–water partition coefficient (Wildman–Crippen LogP) is 4.53. The summed E-state index contributed by atoms with van der Waals surface area (Å²) in [6.07, 6.45) is 1.62. The van der Waals surface area contributed by atoms with Gasteiger partial charge in [0.2, 0.25) is 0 Å². The largest absolute Gasteiger partial charge is 0.463 e. The molecule has 118 valence electrons. The molecule has 0 radical (unpaired) electrons. The molecule has 0 saturated heterocycles. The molecule has 6 nitrogen and oxygen atoms in total. The lowest BCUT2D eigenvalue weighted by Crippen LogP contribution is -2.17. The molecule has 0 aliphatic heterocycles. The van der Waals surface area contributed by atoms with Crippen molar-refractivity contribution in [3.05, 3.63) is 63.0 Å². The Balaban J connectivity index is 2.20. The van der Waals surface area contributed by atoms with Crippen LogP contribution in [0.3, 0.4) is 0 Å². The zero-order valence-corrected chi connectivity index (χ0v) is 13.5. The van der Waals surface area contributed by atoms with Gasteiger partial charge in [0.1, 0.15) is 5.69 Å². The summed E-state index contributed by atoms with van der Waals surface area (Å²) in [6, 6.07) is 10.3. The highest BCUT2D eigenvalue weighted by Crippen LogP contribution is 2.27. The van der Waals surface area contributed by atoms with Crippen LogP contribution in [0.4, 0.5) is 11.4 Å². The van der Waals surface area contributed by atoms with Crippen molar-refractivity contribution in [1.82, 2.24) is 4.57 Å². The number of furan rings is 1. The third kappa shape index (κ3) is 2.95. The fourth-order valence-electron chi connectivity index (χ4n) is 2.32. The summed E-state index contributed by atoms with van der Waals surface area (Å²) in [7, 11) is 0. The van der Waals surface area contributed by atoms with Gasteiger partial charge in [0, 0.05) is 17.5 Å². The highest BCUT2D eigenvalue weighted by molar-refractivity contribution is 7.07. The van der Waals surface area contributed by atoms with Crippen molar-refractivity contribution in [1.29, 1.82) is 0 Å². The molecule has 0 spiro atoms. The molecular weight excluding hydrogens is 314 g/mol. The number of benzene rings is 1. The number of thiazole rings is 1. The number of para-hydroxylation sites is 2. The molecule has 0 N–H and O–H groups in total. The van der Waals surface area contributed by atoms with Crippen molar-refractivity contribution in [3.63, 3.8) is 0 Å². The summed E-state index contributed by atoms with van der Waals surface area (Å²) in [5.41, 5.74) is 1.25. The van der Waals surface area contributed by atoms with E-state index in [9.17, 15) is 10.1 Å². The Morgan fingerprint density at radius 1 is 1.26 bits per heavy atom. The van der Waals surface area contributed by atoms with Crippen LogP contribution in [0.25, 0.3) is 11.5 Å². The van der Waals surface area contributed by atoms with Crippen molar-refractivity contribution in [3.8, 4) is 11.5 Å². The molecule has 0 atom stereocenters. The van der Waals surface area contributed by atoms with E-state index >= 15 is 0 Å². The number of aromatic nitrogens is 1. The first-order chi connectivity index (χ1) is 11.1. The topological polar surface area (TPSA) is 73.6 Å². The van der Waals surface area contributed by atoms with Gasteiger partial charge in [-0.3, -0.25) is 10.1 Å². The number of rotatable bonds is 4. The van der Waals surface area contributed by atoms with E-state index in [0.717, 1.165) is 11.5 Å². The molecule has 0 saturated carbocycles. The molecule has 2 heterocycles. The van der Waals surface area contributed by atoms with Gasteiger partial charge in [-0.25, -0.2) is 4.99 Å². The minimum absolute atomic E-state index is 0.00393. The van der Waals surface area contributed by atoms with E-state index in [1.165, 1.54) is 17.4 Å². The van der Waals surface area contributed by atoms with E-state index in [4.69, 9.17) is 4.42 Å². The second kappa shape index (κ2) is 6.21. The number of nitro benzene ring substituents is 1. The number of nitro groups is 1. The Hall–Kier alpha value is -2.67. The zero-order valence-electron chi connectivity index (χ0n) is 12.7. The van der Waals surface area contributed by atoms with Gasteiger partial charge >= 0.3 is 0 Å². The first kappa shape index (κ1) is 15.2. The lowest BCUT2D eigenvalue weighted by molar-refractivity contribution is -0.384. The third-order valence-electron chi connectivity index (χ3n) is 3.33. The molecule has 0 aliphatic carbocycles. The van der Waals surface area contributed by atoms with E-state index < -0.39 is 4.92 Å². The van der Waals surface area contributed by atoms with Crippen LogP contribution in [-0.2, 0) is 0 Å². The second-order valence-electron chi connectivity index (χ2n) is 5.20. The molecule has 1 aromatic carbocycles. The highest BCUT2D eigenvalue weighted by Gasteiger charge is 2.15. The Labute approximate surface area is 136 Å². The number of hydrogen-bond donors (Lipinski definition) is 0. The fourth-order valence-corrected chi connectivity index (χ4v) is 3.34. The molecule has 3 rings (SSSR count). The molecule has 0 fully saturated rings. The monoisotopic (exact) mass is 329 g/mol. The Morgan fingerprint density at radius 3 is 2.70 bits per heavy atom.